The van der Waals surface area contributed by atoms with E-state index in [1.165, 1.54) is 0 Å². The van der Waals surface area contributed by atoms with E-state index in [1.54, 1.807) is 0 Å². The first-order valence-corrected chi connectivity index (χ1v) is 6.31. The Labute approximate surface area is 96.4 Å². The third kappa shape index (κ3) is 2.95. The zero-order valence-electron chi connectivity index (χ0n) is 9.82. The molecular weight excluding hydrogens is 206 g/mol. The maximum atomic E-state index is 11.1. The first-order valence-electron chi connectivity index (χ1n) is 6.31. The van der Waals surface area contributed by atoms with Gasteiger partial charge >= 0.3 is 5.97 Å². The summed E-state index contributed by atoms with van der Waals surface area (Å²) in [6.45, 7) is 2.87. The van der Waals surface area contributed by atoms with E-state index in [1.807, 2.05) is 0 Å². The summed E-state index contributed by atoms with van der Waals surface area (Å²) in [6.07, 6.45) is 5.33. The van der Waals surface area contributed by atoms with E-state index in [9.17, 15) is 4.79 Å². The van der Waals surface area contributed by atoms with Crippen molar-refractivity contribution < 1.29 is 14.6 Å². The predicted molar refractivity (Wildman–Crippen MR) is 60.3 cm³/mol. The molecule has 3 atom stereocenters. The van der Waals surface area contributed by atoms with Gasteiger partial charge in [0.1, 0.15) is 6.04 Å². The highest BCUT2D eigenvalue weighted by Gasteiger charge is 2.38. The van der Waals surface area contributed by atoms with Gasteiger partial charge in [0.15, 0.2) is 0 Å². The van der Waals surface area contributed by atoms with Crippen LogP contribution in [0.4, 0.5) is 0 Å². The Balaban J connectivity index is 1.84. The number of carbonyl (C=O) groups is 1. The number of hydrogen-bond acceptors (Lipinski definition) is 3. The number of carboxylic acid groups (broad SMARTS) is 1. The number of nitrogens with one attached hydrogen (secondary N) is 1. The molecule has 1 saturated carbocycles. The van der Waals surface area contributed by atoms with E-state index in [0.29, 0.717) is 18.1 Å². The minimum Gasteiger partial charge on any atom is -0.480 e. The van der Waals surface area contributed by atoms with Gasteiger partial charge in [-0.15, -0.1) is 0 Å². The lowest BCUT2D eigenvalue weighted by Crippen LogP contribution is -2.48. The molecular formula is C12H21NO3. The normalized spacial score (nSPS) is 32.3. The molecule has 0 spiro atoms. The highest BCUT2D eigenvalue weighted by atomic mass is 16.5. The largest absolute Gasteiger partial charge is 0.480 e. The van der Waals surface area contributed by atoms with Crippen LogP contribution in [0.5, 0.6) is 0 Å². The summed E-state index contributed by atoms with van der Waals surface area (Å²) in [5, 5.41) is 12.4. The summed E-state index contributed by atoms with van der Waals surface area (Å²) in [6, 6.07) is -0.0130. The number of rotatable bonds is 5. The fourth-order valence-corrected chi connectivity index (χ4v) is 2.41. The summed E-state index contributed by atoms with van der Waals surface area (Å²) < 4.78 is 5.59. The predicted octanol–water partition coefficient (Wildman–Crippen LogP) is 1.40. The third-order valence-electron chi connectivity index (χ3n) is 3.60. The van der Waals surface area contributed by atoms with E-state index in [0.717, 1.165) is 38.7 Å². The Morgan fingerprint density at radius 2 is 2.25 bits per heavy atom. The minimum absolute atomic E-state index is 0.305. The summed E-state index contributed by atoms with van der Waals surface area (Å²) in [7, 11) is 0. The van der Waals surface area contributed by atoms with Gasteiger partial charge in [0.2, 0.25) is 0 Å². The molecule has 2 aliphatic rings. The van der Waals surface area contributed by atoms with Crippen LogP contribution in [-0.2, 0) is 9.53 Å². The minimum atomic E-state index is -0.693. The second-order valence-electron chi connectivity index (χ2n) is 4.94. The van der Waals surface area contributed by atoms with Gasteiger partial charge in [-0.2, -0.15) is 0 Å². The Kier molecular flexibility index (Phi) is 3.82. The molecule has 0 aromatic heterocycles. The van der Waals surface area contributed by atoms with Crippen LogP contribution in [0.15, 0.2) is 0 Å². The highest BCUT2D eigenvalue weighted by Crippen LogP contribution is 2.33. The Morgan fingerprint density at radius 1 is 1.50 bits per heavy atom. The lowest BCUT2D eigenvalue weighted by atomic mass is 10.00. The molecule has 0 radical (unpaired) electrons. The van der Waals surface area contributed by atoms with Crippen molar-refractivity contribution in [3.63, 3.8) is 0 Å². The maximum Gasteiger partial charge on any atom is 0.320 e. The topological polar surface area (TPSA) is 58.6 Å². The van der Waals surface area contributed by atoms with Crippen LogP contribution in [0, 0.1) is 5.92 Å². The molecule has 1 saturated heterocycles. The van der Waals surface area contributed by atoms with E-state index < -0.39 is 5.97 Å². The van der Waals surface area contributed by atoms with Gasteiger partial charge in [-0.05, 0) is 38.0 Å². The Bertz CT molecular complexity index is 253. The van der Waals surface area contributed by atoms with Crippen LogP contribution in [0.2, 0.25) is 0 Å². The number of carboxylic acids is 1. The van der Waals surface area contributed by atoms with Crippen LogP contribution in [-0.4, -0.2) is 35.9 Å². The molecule has 0 bridgehead atoms. The molecule has 0 aromatic carbocycles. The molecule has 1 aliphatic heterocycles. The van der Waals surface area contributed by atoms with E-state index in [-0.39, 0.29) is 6.04 Å². The van der Waals surface area contributed by atoms with Gasteiger partial charge in [0, 0.05) is 12.6 Å². The van der Waals surface area contributed by atoms with Crippen molar-refractivity contribution in [3.8, 4) is 0 Å². The third-order valence-corrected chi connectivity index (χ3v) is 3.60. The molecule has 0 aromatic rings. The molecule has 4 heteroatoms. The second-order valence-corrected chi connectivity index (χ2v) is 4.94. The Hall–Kier alpha value is -0.610. The van der Waals surface area contributed by atoms with Crippen molar-refractivity contribution in [3.05, 3.63) is 0 Å². The summed E-state index contributed by atoms with van der Waals surface area (Å²) >= 11 is 0. The van der Waals surface area contributed by atoms with Gasteiger partial charge in [-0.1, -0.05) is 6.92 Å². The van der Waals surface area contributed by atoms with Gasteiger partial charge in [-0.25, -0.2) is 0 Å². The van der Waals surface area contributed by atoms with E-state index in [2.05, 4.69) is 12.2 Å². The number of hydrogen-bond donors (Lipinski definition) is 2. The lowest BCUT2D eigenvalue weighted by molar-refractivity contribution is -0.140. The maximum absolute atomic E-state index is 11.1. The van der Waals surface area contributed by atoms with Crippen LogP contribution >= 0.6 is 0 Å². The molecule has 1 aliphatic carbocycles. The Morgan fingerprint density at radius 3 is 2.81 bits per heavy atom. The zero-order valence-corrected chi connectivity index (χ0v) is 9.82. The number of aliphatic carboxylic acids is 1. The molecule has 2 rings (SSSR count). The van der Waals surface area contributed by atoms with E-state index in [4.69, 9.17) is 9.84 Å². The summed E-state index contributed by atoms with van der Waals surface area (Å²) in [5.74, 6) is -0.331. The molecule has 1 heterocycles. The number of ether oxygens (including phenoxy) is 1. The quantitative estimate of drug-likeness (QED) is 0.745. The van der Waals surface area contributed by atoms with Crippen LogP contribution < -0.4 is 5.32 Å². The fourth-order valence-electron chi connectivity index (χ4n) is 2.41. The van der Waals surface area contributed by atoms with Gasteiger partial charge in [-0.3, -0.25) is 4.79 Å². The van der Waals surface area contributed by atoms with Crippen molar-refractivity contribution >= 4 is 5.97 Å². The molecule has 92 valence electrons. The van der Waals surface area contributed by atoms with E-state index >= 15 is 0 Å². The van der Waals surface area contributed by atoms with Crippen LogP contribution in [0.3, 0.4) is 0 Å². The first-order chi connectivity index (χ1) is 7.70. The molecule has 2 N–H and O–H groups in total. The summed E-state index contributed by atoms with van der Waals surface area (Å²) in [5.41, 5.74) is 0. The van der Waals surface area contributed by atoms with Crippen molar-refractivity contribution in [2.75, 3.05) is 6.61 Å². The monoisotopic (exact) mass is 227 g/mol. The smallest absolute Gasteiger partial charge is 0.320 e. The SMILES string of the molecule is CCC1CC(NC(C(=O)O)C2CC2)CCO1. The van der Waals surface area contributed by atoms with Crippen molar-refractivity contribution in [2.24, 2.45) is 5.92 Å². The van der Waals surface area contributed by atoms with Crippen LogP contribution in [0.25, 0.3) is 0 Å². The average Bonchev–Trinajstić information content (AvgIpc) is 3.10. The average molecular weight is 227 g/mol. The molecule has 0 amide bonds. The first kappa shape index (κ1) is 11.9. The van der Waals surface area contributed by atoms with Crippen molar-refractivity contribution in [1.82, 2.24) is 5.32 Å². The molecule has 3 unspecified atom stereocenters. The van der Waals surface area contributed by atoms with Crippen LogP contribution in [0.1, 0.15) is 39.0 Å². The standard InChI is InChI=1S/C12H21NO3/c1-2-10-7-9(5-6-16-10)13-11(12(14)15)8-3-4-8/h8-11,13H,2-7H2,1H3,(H,14,15). The highest BCUT2D eigenvalue weighted by molar-refractivity contribution is 5.74. The molecule has 16 heavy (non-hydrogen) atoms. The zero-order chi connectivity index (χ0) is 11.5. The summed E-state index contributed by atoms with van der Waals surface area (Å²) in [4.78, 5) is 11.1. The fraction of sp³-hybridized carbons (Fsp3) is 0.917. The second kappa shape index (κ2) is 5.15. The molecule has 2 fully saturated rings. The van der Waals surface area contributed by atoms with Crippen molar-refractivity contribution in [1.29, 1.82) is 0 Å². The van der Waals surface area contributed by atoms with Gasteiger partial charge < -0.3 is 15.2 Å². The lowest BCUT2D eigenvalue weighted by Gasteiger charge is -2.31. The van der Waals surface area contributed by atoms with Gasteiger partial charge in [0.25, 0.3) is 0 Å². The molecule has 4 nitrogen and oxygen atoms in total. The van der Waals surface area contributed by atoms with Crippen molar-refractivity contribution in [2.45, 2.75) is 57.2 Å². The van der Waals surface area contributed by atoms with Gasteiger partial charge in [0.05, 0.1) is 6.10 Å².